The van der Waals surface area contributed by atoms with E-state index < -0.39 is 34.2 Å². The maximum Gasteiger partial charge on any atom is 0.356 e. The normalized spacial score (nSPS) is 13.7. The van der Waals surface area contributed by atoms with Crippen LogP contribution in [0.15, 0.2) is 146 Å². The Hall–Kier alpha value is -5.97. The summed E-state index contributed by atoms with van der Waals surface area (Å²) in [6.45, 7) is -4.06. The Morgan fingerprint density at radius 3 is 1.77 bits per heavy atom. The number of ether oxygens (including phenoxy) is 2. The first kappa shape index (κ1) is 36.8. The number of nitrogens with zero attached hydrogens (tertiary/aromatic N) is 2. The van der Waals surface area contributed by atoms with Gasteiger partial charge >= 0.3 is 5.97 Å². The average Bonchev–Trinajstić information content (AvgIpc) is 3.19. The number of nitrogens with one attached hydrogen (secondary N) is 1. The van der Waals surface area contributed by atoms with Crippen molar-refractivity contribution in [2.75, 3.05) is 13.2 Å². The number of hydrogen-bond donors (Lipinski definition) is 1. The van der Waals surface area contributed by atoms with Crippen LogP contribution in [0.5, 0.6) is 5.75 Å². The highest BCUT2D eigenvalue weighted by Gasteiger charge is 2.48. The van der Waals surface area contributed by atoms with E-state index in [4.69, 9.17) is 9.47 Å². The summed E-state index contributed by atoms with van der Waals surface area (Å²) >= 11 is 0.857. The van der Waals surface area contributed by atoms with Crippen molar-refractivity contribution in [2.24, 2.45) is 0 Å². The molecular formula is C40H34N3O8PS. The molecule has 0 aliphatic carbocycles. The monoisotopic (exact) mass is 747 g/mol. The molecule has 11 nitrogen and oxygen atoms in total. The first-order valence-corrected chi connectivity index (χ1v) is 19.2. The van der Waals surface area contributed by atoms with Crippen LogP contribution >= 0.6 is 18.6 Å². The van der Waals surface area contributed by atoms with Crippen LogP contribution in [0.3, 0.4) is 0 Å². The number of likely N-dealkylation sites (tertiary alicyclic amines) is 1. The fourth-order valence-corrected chi connectivity index (χ4v) is 11.4. The number of para-hydroxylation sites is 1. The van der Waals surface area contributed by atoms with Crippen molar-refractivity contribution < 1.29 is 33.6 Å². The molecular weight excluding hydrogens is 713 g/mol. The van der Waals surface area contributed by atoms with Gasteiger partial charge in [-0.3, -0.25) is 29.4 Å². The van der Waals surface area contributed by atoms with Crippen molar-refractivity contribution in [3.8, 4) is 5.75 Å². The standard InChI is InChI=1S/C40H34N3O8PS/c44-35(28-50-31-13-5-1-6-14-31)41-26-38(46)53-37-25-36(45)42(37)39(40(47)51-27-29-21-23-30(24-22-29)43(48)49)52(32-15-7-2-8-16-32,33-17-9-3-10-18-33)34-19-11-4-12-20-34/h1-24,37H,25-28H2,(H,41,44)/t37-/m1/s1. The van der Waals surface area contributed by atoms with E-state index in [2.05, 4.69) is 5.32 Å². The molecule has 53 heavy (non-hydrogen) atoms. The average molecular weight is 748 g/mol. The molecule has 268 valence electrons. The largest absolute Gasteiger partial charge is 0.484 e. The molecule has 0 spiro atoms. The number of esters is 1. The molecule has 0 bridgehead atoms. The number of β-lactam (4-membered cyclic amide) rings is 1. The first-order valence-electron chi connectivity index (χ1n) is 16.6. The van der Waals surface area contributed by atoms with Crippen LogP contribution < -0.4 is 26.0 Å². The summed E-state index contributed by atoms with van der Waals surface area (Å²) in [4.78, 5) is 66.5. The lowest BCUT2D eigenvalue weighted by Gasteiger charge is -2.44. The third-order valence-corrected chi connectivity index (χ3v) is 13.7. The van der Waals surface area contributed by atoms with Gasteiger partial charge in [0.1, 0.15) is 17.8 Å². The lowest BCUT2D eigenvalue weighted by atomic mass is 10.2. The highest BCUT2D eigenvalue weighted by Crippen LogP contribution is 2.49. The second-order valence-electron chi connectivity index (χ2n) is 11.8. The molecule has 13 heteroatoms. The summed E-state index contributed by atoms with van der Waals surface area (Å²) in [5, 5.41) is 14.9. The van der Waals surface area contributed by atoms with E-state index in [1.54, 1.807) is 24.3 Å². The van der Waals surface area contributed by atoms with E-state index in [0.717, 1.165) is 27.7 Å². The van der Waals surface area contributed by atoms with Crippen molar-refractivity contribution in [2.45, 2.75) is 18.4 Å². The number of carbonyl (C=O) groups excluding carboxylic acids is 4. The van der Waals surface area contributed by atoms with Crippen molar-refractivity contribution in [3.63, 3.8) is 0 Å². The van der Waals surface area contributed by atoms with E-state index in [9.17, 15) is 29.3 Å². The Bertz CT molecular complexity index is 2050. The summed E-state index contributed by atoms with van der Waals surface area (Å²) in [5.41, 5.74) is 0.490. The lowest BCUT2D eigenvalue weighted by molar-refractivity contribution is -0.384. The molecule has 5 aromatic carbocycles. The van der Waals surface area contributed by atoms with E-state index >= 15 is 0 Å². The van der Waals surface area contributed by atoms with Crippen LogP contribution in [0.4, 0.5) is 5.69 Å². The van der Waals surface area contributed by atoms with E-state index in [1.165, 1.54) is 29.2 Å². The molecule has 0 aromatic heterocycles. The lowest BCUT2D eigenvalue weighted by Crippen LogP contribution is -2.59. The third kappa shape index (κ3) is 8.41. The van der Waals surface area contributed by atoms with E-state index in [0.29, 0.717) is 11.3 Å². The van der Waals surface area contributed by atoms with Crippen molar-refractivity contribution >= 4 is 68.6 Å². The molecule has 6 rings (SSSR count). The highest BCUT2D eigenvalue weighted by atomic mass is 32.2. The Kier molecular flexibility index (Phi) is 11.8. The summed E-state index contributed by atoms with van der Waals surface area (Å²) in [6.07, 6.45) is -0.0288. The molecule has 0 saturated carbocycles. The van der Waals surface area contributed by atoms with Gasteiger partial charge in [0, 0.05) is 19.0 Å². The van der Waals surface area contributed by atoms with Crippen LogP contribution in [0.2, 0.25) is 0 Å². The molecule has 2 amide bonds. The van der Waals surface area contributed by atoms with Crippen LogP contribution in [0, 0.1) is 10.1 Å². The Morgan fingerprint density at radius 1 is 0.774 bits per heavy atom. The number of rotatable bonds is 14. The second kappa shape index (κ2) is 17.0. The van der Waals surface area contributed by atoms with Gasteiger partial charge in [-0.1, -0.05) is 121 Å². The van der Waals surface area contributed by atoms with Crippen molar-refractivity contribution in [1.29, 1.82) is 0 Å². The maximum absolute atomic E-state index is 14.8. The zero-order chi connectivity index (χ0) is 37.2. The van der Waals surface area contributed by atoms with Crippen LogP contribution in [0.1, 0.15) is 12.0 Å². The molecule has 1 fully saturated rings. The zero-order valence-electron chi connectivity index (χ0n) is 28.3. The zero-order valence-corrected chi connectivity index (χ0v) is 30.0. The molecule has 1 heterocycles. The van der Waals surface area contributed by atoms with Gasteiger partial charge < -0.3 is 14.8 Å². The second-order valence-corrected chi connectivity index (χ2v) is 16.3. The Balaban J connectivity index is 1.39. The minimum atomic E-state index is -3.22. The summed E-state index contributed by atoms with van der Waals surface area (Å²) in [5.74, 6) is -1.12. The highest BCUT2D eigenvalue weighted by molar-refractivity contribution is 8.14. The number of nitro groups is 1. The quantitative estimate of drug-likeness (QED) is 0.0558. The van der Waals surface area contributed by atoms with Crippen LogP contribution in [0.25, 0.3) is 0 Å². The van der Waals surface area contributed by atoms with Gasteiger partial charge in [-0.2, -0.15) is 0 Å². The summed E-state index contributed by atoms with van der Waals surface area (Å²) < 4.78 is 11.5. The number of nitro benzene ring substituents is 1. The molecule has 0 radical (unpaired) electrons. The number of hydrogen-bond acceptors (Lipinski definition) is 9. The van der Waals surface area contributed by atoms with Crippen molar-refractivity contribution in [3.05, 3.63) is 161 Å². The number of carbonyl (C=O) groups is 4. The summed E-state index contributed by atoms with van der Waals surface area (Å²) in [7, 11) is 0. The molecule has 1 N–H and O–H groups in total. The molecule has 5 aromatic rings. The van der Waals surface area contributed by atoms with Crippen molar-refractivity contribution in [1.82, 2.24) is 10.2 Å². The predicted octanol–water partition coefficient (Wildman–Crippen LogP) is 4.78. The predicted molar refractivity (Wildman–Crippen MR) is 206 cm³/mol. The van der Waals surface area contributed by atoms with Gasteiger partial charge in [0.25, 0.3) is 11.6 Å². The number of amides is 2. The third-order valence-electron chi connectivity index (χ3n) is 8.39. The minimum absolute atomic E-state index is 0.0288. The van der Waals surface area contributed by atoms with E-state index in [1.807, 2.05) is 97.1 Å². The molecule has 1 atom stereocenters. The Morgan fingerprint density at radius 2 is 1.28 bits per heavy atom. The topological polar surface area (TPSA) is 145 Å². The van der Waals surface area contributed by atoms with Crippen LogP contribution in [-0.2, 0) is 30.5 Å². The summed E-state index contributed by atoms with van der Waals surface area (Å²) in [6, 6.07) is 42.8. The number of benzene rings is 5. The van der Waals surface area contributed by atoms with Gasteiger partial charge in [-0.25, -0.2) is 4.79 Å². The van der Waals surface area contributed by atoms with E-state index in [-0.39, 0.29) is 43.2 Å². The fourth-order valence-electron chi connectivity index (χ4n) is 5.91. The Labute approximate surface area is 310 Å². The van der Waals surface area contributed by atoms with Gasteiger partial charge in [-0.15, -0.1) is 0 Å². The van der Waals surface area contributed by atoms with Gasteiger partial charge in [-0.05, 0) is 45.7 Å². The number of non-ortho nitro benzene ring substituents is 1. The van der Waals surface area contributed by atoms with Gasteiger partial charge in [0.05, 0.1) is 23.3 Å². The van der Waals surface area contributed by atoms with Gasteiger partial charge in [0.15, 0.2) is 6.61 Å². The first-order chi connectivity index (χ1) is 25.8. The molecule has 1 saturated heterocycles. The minimum Gasteiger partial charge on any atom is -0.484 e. The smallest absolute Gasteiger partial charge is 0.356 e. The SMILES string of the molecule is O=C(COc1ccccc1)NCC(=O)S[C@@H]1CC(=O)N1C(C(=O)OCc1ccc([N+](=O)[O-])cc1)=P(c1ccccc1)(c1ccccc1)c1ccccc1. The molecule has 0 unspecified atom stereocenters. The van der Waals surface area contributed by atoms with Crippen LogP contribution in [-0.4, -0.2) is 56.7 Å². The van der Waals surface area contributed by atoms with Gasteiger partial charge in [0.2, 0.25) is 11.0 Å². The maximum atomic E-state index is 14.8. The fraction of sp³-hybridized carbons (Fsp3) is 0.125. The molecule has 1 aliphatic rings. The molecule has 1 aliphatic heterocycles. The number of thioether (sulfide) groups is 1.